The molecule has 138 valence electrons. The first-order valence-corrected chi connectivity index (χ1v) is 7.95. The number of nitrogens with zero attached hydrogens (tertiary/aromatic N) is 3. The maximum Gasteiger partial charge on any atom is 0.432 e. The second-order valence-corrected chi connectivity index (χ2v) is 6.28. The third-order valence-electron chi connectivity index (χ3n) is 4.13. The summed E-state index contributed by atoms with van der Waals surface area (Å²) in [6.07, 6.45) is -4.61. The Balaban J connectivity index is 1.73. The maximum absolute atomic E-state index is 12.6. The van der Waals surface area contributed by atoms with Crippen molar-refractivity contribution in [3.63, 3.8) is 0 Å². The molecule has 1 fully saturated rings. The normalized spacial score (nSPS) is 15.5. The van der Waals surface area contributed by atoms with Crippen LogP contribution in [0.5, 0.6) is 0 Å². The van der Waals surface area contributed by atoms with E-state index in [1.54, 1.807) is 10.00 Å². The van der Waals surface area contributed by atoms with Crippen molar-refractivity contribution in [3.8, 4) is 0 Å². The number of alkyl halides is 3. The molecule has 0 bridgehead atoms. The van der Waals surface area contributed by atoms with Gasteiger partial charge in [-0.3, -0.25) is 14.7 Å². The lowest BCUT2D eigenvalue weighted by Crippen LogP contribution is -2.52. The number of halogens is 3. The Morgan fingerprint density at radius 1 is 1.12 bits per heavy atom. The summed E-state index contributed by atoms with van der Waals surface area (Å²) >= 11 is 0. The number of rotatable bonds is 2. The highest BCUT2D eigenvalue weighted by Crippen LogP contribution is 2.28. The molecule has 1 aliphatic rings. The minimum absolute atomic E-state index is 0.208. The van der Waals surface area contributed by atoms with E-state index < -0.39 is 17.8 Å². The molecule has 1 aliphatic heterocycles. The molecule has 1 aromatic heterocycles. The van der Waals surface area contributed by atoms with Crippen LogP contribution in [0.1, 0.15) is 27.3 Å². The highest BCUT2D eigenvalue weighted by Gasteiger charge is 2.35. The van der Waals surface area contributed by atoms with Gasteiger partial charge in [0.15, 0.2) is 5.69 Å². The van der Waals surface area contributed by atoms with Crippen molar-refractivity contribution in [2.75, 3.05) is 24.5 Å². The van der Waals surface area contributed by atoms with Crippen LogP contribution in [0.25, 0.3) is 0 Å². The van der Waals surface area contributed by atoms with Crippen LogP contribution < -0.4 is 4.90 Å². The van der Waals surface area contributed by atoms with Crippen molar-refractivity contribution in [1.82, 2.24) is 15.1 Å². The molecule has 3 rings (SSSR count). The Kier molecular flexibility index (Phi) is 4.47. The van der Waals surface area contributed by atoms with Gasteiger partial charge >= 0.3 is 6.18 Å². The summed E-state index contributed by atoms with van der Waals surface area (Å²) in [5.74, 6) is -0.994. The first kappa shape index (κ1) is 18.0. The standard InChI is InChI=1S/C17H17F3N4O2/c1-10-5-11(2)7-12(6-10)24-4-3-23(9-15(24)25)16(26)13-8-14(22-21-13)17(18,19)20/h5-8H,3-4,9H2,1-2H3,(H,21,22). The van der Waals surface area contributed by atoms with Gasteiger partial charge in [-0.05, 0) is 37.1 Å². The lowest BCUT2D eigenvalue weighted by Gasteiger charge is -2.34. The first-order chi connectivity index (χ1) is 12.1. The van der Waals surface area contributed by atoms with E-state index in [9.17, 15) is 22.8 Å². The van der Waals surface area contributed by atoms with Crippen molar-refractivity contribution < 1.29 is 22.8 Å². The summed E-state index contributed by atoms with van der Waals surface area (Å²) in [7, 11) is 0. The smallest absolute Gasteiger partial charge is 0.326 e. The van der Waals surface area contributed by atoms with Gasteiger partial charge in [0.05, 0.1) is 0 Å². The summed E-state index contributed by atoms with van der Waals surface area (Å²) in [5, 5.41) is 5.23. The van der Waals surface area contributed by atoms with Gasteiger partial charge in [0, 0.05) is 24.8 Å². The number of piperazine rings is 1. The monoisotopic (exact) mass is 366 g/mol. The van der Waals surface area contributed by atoms with E-state index >= 15 is 0 Å². The largest absolute Gasteiger partial charge is 0.432 e. The van der Waals surface area contributed by atoms with E-state index in [0.29, 0.717) is 6.07 Å². The van der Waals surface area contributed by atoms with Crippen molar-refractivity contribution in [3.05, 3.63) is 46.8 Å². The van der Waals surface area contributed by atoms with Crippen LogP contribution in [0.3, 0.4) is 0 Å². The highest BCUT2D eigenvalue weighted by atomic mass is 19.4. The van der Waals surface area contributed by atoms with E-state index in [2.05, 4.69) is 5.10 Å². The van der Waals surface area contributed by atoms with Gasteiger partial charge < -0.3 is 9.80 Å². The van der Waals surface area contributed by atoms with Gasteiger partial charge in [0.1, 0.15) is 12.2 Å². The summed E-state index contributed by atoms with van der Waals surface area (Å²) in [5.41, 5.74) is 1.33. The molecule has 9 heteroatoms. The van der Waals surface area contributed by atoms with Gasteiger partial charge in [0.25, 0.3) is 5.91 Å². The molecule has 0 radical (unpaired) electrons. The number of nitrogens with one attached hydrogen (secondary N) is 1. The fourth-order valence-corrected chi connectivity index (χ4v) is 2.96. The van der Waals surface area contributed by atoms with Gasteiger partial charge in [0.2, 0.25) is 5.91 Å². The van der Waals surface area contributed by atoms with Gasteiger partial charge in [-0.1, -0.05) is 6.07 Å². The number of H-pyrrole nitrogens is 1. The summed E-state index contributed by atoms with van der Waals surface area (Å²) in [4.78, 5) is 27.6. The van der Waals surface area contributed by atoms with Gasteiger partial charge in [-0.25, -0.2) is 0 Å². The van der Waals surface area contributed by atoms with Gasteiger partial charge in [-0.15, -0.1) is 0 Å². The van der Waals surface area contributed by atoms with Crippen LogP contribution >= 0.6 is 0 Å². The zero-order valence-electron chi connectivity index (χ0n) is 14.2. The number of carbonyl (C=O) groups is 2. The molecule has 1 aromatic carbocycles. The number of benzene rings is 1. The topological polar surface area (TPSA) is 69.3 Å². The highest BCUT2D eigenvalue weighted by molar-refractivity contribution is 6.01. The zero-order valence-corrected chi connectivity index (χ0v) is 14.2. The number of carbonyl (C=O) groups excluding carboxylic acids is 2. The van der Waals surface area contributed by atoms with E-state index in [1.165, 1.54) is 4.90 Å². The zero-order chi connectivity index (χ0) is 19.1. The molecule has 0 atom stereocenters. The van der Waals surface area contributed by atoms with Crippen molar-refractivity contribution in [2.24, 2.45) is 0 Å². The predicted octanol–water partition coefficient (Wildman–Crippen LogP) is 2.53. The van der Waals surface area contributed by atoms with Crippen LogP contribution in [0.4, 0.5) is 18.9 Å². The average molecular weight is 366 g/mol. The number of hydrogen-bond acceptors (Lipinski definition) is 3. The number of hydrogen-bond donors (Lipinski definition) is 1. The van der Waals surface area contributed by atoms with E-state index in [0.717, 1.165) is 16.8 Å². The minimum Gasteiger partial charge on any atom is -0.326 e. The maximum atomic E-state index is 12.6. The molecule has 6 nitrogen and oxygen atoms in total. The fourth-order valence-electron chi connectivity index (χ4n) is 2.96. The molecule has 0 unspecified atom stereocenters. The molecule has 26 heavy (non-hydrogen) atoms. The Bertz CT molecular complexity index is 840. The Labute approximate surface area is 147 Å². The Morgan fingerprint density at radius 2 is 1.77 bits per heavy atom. The van der Waals surface area contributed by atoms with Crippen LogP contribution in [-0.4, -0.2) is 46.5 Å². The van der Waals surface area contributed by atoms with Gasteiger partial charge in [-0.2, -0.15) is 18.3 Å². The second-order valence-electron chi connectivity index (χ2n) is 6.28. The molecular formula is C17H17F3N4O2. The molecule has 2 aromatic rings. The molecule has 1 N–H and O–H groups in total. The van der Waals surface area contributed by atoms with Crippen LogP contribution in [0.15, 0.2) is 24.3 Å². The number of aryl methyl sites for hydroxylation is 2. The fraction of sp³-hybridized carbons (Fsp3) is 0.353. The quantitative estimate of drug-likeness (QED) is 0.888. The number of amides is 2. The third kappa shape index (κ3) is 3.56. The SMILES string of the molecule is Cc1cc(C)cc(N2CCN(C(=O)c3cc(C(F)(F)F)[nH]n3)CC2=O)c1. The number of aromatic amines is 1. The molecule has 2 heterocycles. The van der Waals surface area contributed by atoms with E-state index in [4.69, 9.17) is 0 Å². The van der Waals surface area contributed by atoms with Crippen molar-refractivity contribution in [1.29, 1.82) is 0 Å². The molecule has 2 amide bonds. The second kappa shape index (κ2) is 6.47. The summed E-state index contributed by atoms with van der Waals surface area (Å²) < 4.78 is 37.8. The first-order valence-electron chi connectivity index (χ1n) is 7.95. The number of anilines is 1. The average Bonchev–Trinajstić information content (AvgIpc) is 3.03. The van der Waals surface area contributed by atoms with Crippen molar-refractivity contribution >= 4 is 17.5 Å². The number of aromatic nitrogens is 2. The molecular weight excluding hydrogens is 349 g/mol. The van der Waals surface area contributed by atoms with E-state index in [-0.39, 0.29) is 31.2 Å². The van der Waals surface area contributed by atoms with Crippen LogP contribution in [-0.2, 0) is 11.0 Å². The van der Waals surface area contributed by atoms with Crippen LogP contribution in [0, 0.1) is 13.8 Å². The van der Waals surface area contributed by atoms with E-state index in [1.807, 2.05) is 32.0 Å². The lowest BCUT2D eigenvalue weighted by atomic mass is 10.1. The Morgan fingerprint density at radius 3 is 2.31 bits per heavy atom. The molecule has 0 aliphatic carbocycles. The summed E-state index contributed by atoms with van der Waals surface area (Å²) in [6.45, 7) is 4.13. The molecule has 0 spiro atoms. The molecule has 0 saturated carbocycles. The minimum atomic E-state index is -4.61. The summed E-state index contributed by atoms with van der Waals surface area (Å²) in [6, 6.07) is 6.41. The third-order valence-corrected chi connectivity index (χ3v) is 4.13. The van der Waals surface area contributed by atoms with Crippen molar-refractivity contribution in [2.45, 2.75) is 20.0 Å². The van der Waals surface area contributed by atoms with Crippen LogP contribution in [0.2, 0.25) is 0 Å². The predicted molar refractivity (Wildman–Crippen MR) is 87.8 cm³/mol. The lowest BCUT2D eigenvalue weighted by molar-refractivity contribution is -0.141. The molecule has 1 saturated heterocycles. The Hall–Kier alpha value is -2.84.